The van der Waals surface area contributed by atoms with Crippen molar-refractivity contribution in [1.82, 2.24) is 5.32 Å². The van der Waals surface area contributed by atoms with Gasteiger partial charge in [0.2, 0.25) is 0 Å². The maximum atomic E-state index is 10.8. The van der Waals surface area contributed by atoms with Crippen molar-refractivity contribution in [3.8, 4) is 11.8 Å². The van der Waals surface area contributed by atoms with Gasteiger partial charge >= 0.3 is 5.69 Å². The van der Waals surface area contributed by atoms with E-state index in [-0.39, 0.29) is 24.1 Å². The monoisotopic (exact) mass is 277 g/mol. The minimum atomic E-state index is -0.711. The Morgan fingerprint density at radius 2 is 2.15 bits per heavy atom. The van der Waals surface area contributed by atoms with Gasteiger partial charge in [0.25, 0.3) is 0 Å². The number of nitro benzene ring substituents is 1. The molecule has 1 unspecified atom stereocenters. The highest BCUT2D eigenvalue weighted by Gasteiger charge is 2.24. The van der Waals surface area contributed by atoms with E-state index in [4.69, 9.17) is 4.74 Å². The topological polar surface area (TPSA) is 88.2 Å². The molecule has 1 aromatic rings. The molecule has 0 aromatic heterocycles. The van der Waals surface area contributed by atoms with Crippen LogP contribution >= 0.6 is 0 Å². The van der Waals surface area contributed by atoms with Crippen LogP contribution in [0.4, 0.5) is 5.69 Å². The average molecular weight is 277 g/mol. The normalized spacial score (nSPS) is 13.6. The highest BCUT2D eigenvalue weighted by molar-refractivity contribution is 5.45. The number of nitro groups is 1. The molecule has 0 fully saturated rings. The SMILES string of the molecule is CC(C)NC(C)(C#N)CCOc1ccccc1[N+](=O)[O-]. The fourth-order valence-corrected chi connectivity index (χ4v) is 1.89. The molecular weight excluding hydrogens is 258 g/mol. The number of nitriles is 1. The molecule has 0 radical (unpaired) electrons. The largest absolute Gasteiger partial charge is 0.487 e. The smallest absolute Gasteiger partial charge is 0.310 e. The zero-order chi connectivity index (χ0) is 15.2. The first-order valence-electron chi connectivity index (χ1n) is 6.43. The second-order valence-corrected chi connectivity index (χ2v) is 5.07. The quantitative estimate of drug-likeness (QED) is 0.611. The van der Waals surface area contributed by atoms with Gasteiger partial charge in [-0.05, 0) is 26.8 Å². The Labute approximate surface area is 118 Å². The molecular formula is C14H19N3O3. The third-order valence-electron chi connectivity index (χ3n) is 2.78. The van der Waals surface area contributed by atoms with E-state index in [9.17, 15) is 15.4 Å². The maximum absolute atomic E-state index is 10.8. The fraction of sp³-hybridized carbons (Fsp3) is 0.500. The second-order valence-electron chi connectivity index (χ2n) is 5.07. The highest BCUT2D eigenvalue weighted by atomic mass is 16.6. The molecule has 0 saturated heterocycles. The van der Waals surface area contributed by atoms with E-state index < -0.39 is 10.5 Å². The third kappa shape index (κ3) is 4.52. The van der Waals surface area contributed by atoms with Gasteiger partial charge in [-0.15, -0.1) is 0 Å². The Kier molecular flexibility index (Phi) is 5.47. The number of nitrogens with one attached hydrogen (secondary N) is 1. The number of nitrogens with zero attached hydrogens (tertiary/aromatic N) is 2. The van der Waals surface area contributed by atoms with Gasteiger partial charge in [0.15, 0.2) is 5.75 Å². The first-order valence-corrected chi connectivity index (χ1v) is 6.43. The lowest BCUT2D eigenvalue weighted by atomic mass is 9.99. The third-order valence-corrected chi connectivity index (χ3v) is 2.78. The Morgan fingerprint density at radius 3 is 2.70 bits per heavy atom. The van der Waals surface area contributed by atoms with Crippen molar-refractivity contribution < 1.29 is 9.66 Å². The van der Waals surface area contributed by atoms with E-state index in [0.717, 1.165) is 0 Å². The number of hydrogen-bond donors (Lipinski definition) is 1. The summed E-state index contributed by atoms with van der Waals surface area (Å²) < 4.78 is 5.44. The molecule has 0 aliphatic carbocycles. The van der Waals surface area contributed by atoms with Crippen LogP contribution in [-0.4, -0.2) is 23.1 Å². The molecule has 6 nitrogen and oxygen atoms in total. The molecule has 6 heteroatoms. The van der Waals surface area contributed by atoms with Gasteiger partial charge in [0.1, 0.15) is 5.54 Å². The Balaban J connectivity index is 2.65. The molecule has 0 spiro atoms. The van der Waals surface area contributed by atoms with Gasteiger partial charge in [-0.3, -0.25) is 15.4 Å². The van der Waals surface area contributed by atoms with Crippen molar-refractivity contribution in [3.63, 3.8) is 0 Å². The van der Waals surface area contributed by atoms with Crippen molar-refractivity contribution in [1.29, 1.82) is 5.26 Å². The van der Waals surface area contributed by atoms with E-state index in [2.05, 4.69) is 11.4 Å². The van der Waals surface area contributed by atoms with Crippen molar-refractivity contribution in [2.45, 2.75) is 38.8 Å². The summed E-state index contributed by atoms with van der Waals surface area (Å²) in [4.78, 5) is 10.4. The van der Waals surface area contributed by atoms with Gasteiger partial charge in [0, 0.05) is 18.5 Å². The standard InChI is InChI=1S/C14H19N3O3/c1-11(2)16-14(3,10-15)8-9-20-13-7-5-4-6-12(13)17(18)19/h4-7,11,16H,8-9H2,1-3H3. The summed E-state index contributed by atoms with van der Waals surface area (Å²) in [6.45, 7) is 5.93. The summed E-state index contributed by atoms with van der Waals surface area (Å²) in [6, 6.07) is 8.59. The summed E-state index contributed by atoms with van der Waals surface area (Å²) in [6.07, 6.45) is 0.438. The molecule has 1 atom stereocenters. The minimum absolute atomic E-state index is 0.0667. The van der Waals surface area contributed by atoms with Crippen molar-refractivity contribution in [2.75, 3.05) is 6.61 Å². The van der Waals surface area contributed by atoms with E-state index in [0.29, 0.717) is 6.42 Å². The van der Waals surface area contributed by atoms with Gasteiger partial charge in [-0.1, -0.05) is 12.1 Å². The van der Waals surface area contributed by atoms with E-state index in [1.165, 1.54) is 6.07 Å². The molecule has 1 rings (SSSR count). The van der Waals surface area contributed by atoms with E-state index in [1.54, 1.807) is 25.1 Å². The maximum Gasteiger partial charge on any atom is 0.310 e. The van der Waals surface area contributed by atoms with Crippen molar-refractivity contribution >= 4 is 5.69 Å². The first-order chi connectivity index (χ1) is 9.38. The number of benzene rings is 1. The lowest BCUT2D eigenvalue weighted by molar-refractivity contribution is -0.385. The van der Waals surface area contributed by atoms with Gasteiger partial charge in [-0.2, -0.15) is 5.26 Å². The Bertz CT molecular complexity index is 511. The second kappa shape index (κ2) is 6.87. The zero-order valence-electron chi connectivity index (χ0n) is 11.9. The zero-order valence-corrected chi connectivity index (χ0v) is 11.9. The molecule has 1 N–H and O–H groups in total. The number of ether oxygens (including phenoxy) is 1. The molecule has 0 aliphatic rings. The Morgan fingerprint density at radius 1 is 1.50 bits per heavy atom. The van der Waals surface area contributed by atoms with Crippen LogP contribution in [0, 0.1) is 21.4 Å². The molecule has 0 aliphatic heterocycles. The van der Waals surface area contributed by atoms with Gasteiger partial charge in [-0.25, -0.2) is 0 Å². The molecule has 0 heterocycles. The number of rotatable bonds is 7. The molecule has 1 aromatic carbocycles. The van der Waals surface area contributed by atoms with Crippen LogP contribution in [0.3, 0.4) is 0 Å². The van der Waals surface area contributed by atoms with Crippen LogP contribution in [0.15, 0.2) is 24.3 Å². The van der Waals surface area contributed by atoms with Crippen molar-refractivity contribution in [3.05, 3.63) is 34.4 Å². The summed E-state index contributed by atoms with van der Waals surface area (Å²) >= 11 is 0. The number of hydrogen-bond acceptors (Lipinski definition) is 5. The summed E-state index contributed by atoms with van der Waals surface area (Å²) in [5, 5.41) is 23.2. The van der Waals surface area contributed by atoms with Crippen molar-refractivity contribution in [2.24, 2.45) is 0 Å². The van der Waals surface area contributed by atoms with E-state index in [1.807, 2.05) is 13.8 Å². The average Bonchev–Trinajstić information content (AvgIpc) is 2.38. The van der Waals surface area contributed by atoms with Crippen LogP contribution in [0.5, 0.6) is 5.75 Å². The van der Waals surface area contributed by atoms with Crippen LogP contribution in [0.25, 0.3) is 0 Å². The Hall–Kier alpha value is -2.13. The van der Waals surface area contributed by atoms with Crippen LogP contribution in [0.1, 0.15) is 27.2 Å². The fourth-order valence-electron chi connectivity index (χ4n) is 1.89. The predicted octanol–water partition coefficient (Wildman–Crippen LogP) is 2.64. The van der Waals surface area contributed by atoms with Crippen LogP contribution in [-0.2, 0) is 0 Å². The molecule has 20 heavy (non-hydrogen) atoms. The van der Waals surface area contributed by atoms with E-state index >= 15 is 0 Å². The summed E-state index contributed by atoms with van der Waals surface area (Å²) in [5.74, 6) is 0.224. The van der Waals surface area contributed by atoms with Crippen LogP contribution < -0.4 is 10.1 Å². The lowest BCUT2D eigenvalue weighted by Crippen LogP contribution is -2.45. The highest BCUT2D eigenvalue weighted by Crippen LogP contribution is 2.26. The summed E-state index contributed by atoms with van der Waals surface area (Å²) in [5.41, 5.74) is -0.777. The molecule has 0 amide bonds. The van der Waals surface area contributed by atoms with Gasteiger partial charge < -0.3 is 4.74 Å². The number of para-hydroxylation sites is 2. The molecule has 0 saturated carbocycles. The minimum Gasteiger partial charge on any atom is -0.487 e. The molecule has 108 valence electrons. The summed E-state index contributed by atoms with van der Waals surface area (Å²) in [7, 11) is 0. The lowest BCUT2D eigenvalue weighted by Gasteiger charge is -2.25. The van der Waals surface area contributed by atoms with Gasteiger partial charge in [0.05, 0.1) is 17.6 Å². The molecule has 0 bridgehead atoms. The van der Waals surface area contributed by atoms with Crippen LogP contribution in [0.2, 0.25) is 0 Å². The predicted molar refractivity (Wildman–Crippen MR) is 75.5 cm³/mol. The first kappa shape index (κ1) is 15.9.